The lowest BCUT2D eigenvalue weighted by Crippen LogP contribution is -2.12. The second kappa shape index (κ2) is 5.69. The largest absolute Gasteiger partial charge is 0.416 e. The van der Waals surface area contributed by atoms with E-state index in [0.717, 1.165) is 6.07 Å². The van der Waals surface area contributed by atoms with Gasteiger partial charge in [0.05, 0.1) is 11.8 Å². The van der Waals surface area contributed by atoms with E-state index in [-0.39, 0.29) is 16.6 Å². The molecule has 0 spiro atoms. The first kappa shape index (κ1) is 15.9. The fourth-order valence-electron chi connectivity index (χ4n) is 1.99. The van der Waals surface area contributed by atoms with Crippen molar-refractivity contribution in [2.24, 2.45) is 0 Å². The Balaban J connectivity index is 2.49. The van der Waals surface area contributed by atoms with Gasteiger partial charge in [0.2, 0.25) is 0 Å². The van der Waals surface area contributed by atoms with Crippen molar-refractivity contribution >= 4 is 11.6 Å². The molecule has 1 aromatic heterocycles. The average molecular weight is 318 g/mol. The van der Waals surface area contributed by atoms with Crippen molar-refractivity contribution in [1.29, 1.82) is 0 Å². The van der Waals surface area contributed by atoms with Crippen molar-refractivity contribution in [3.8, 4) is 0 Å². The molecule has 0 aliphatic heterocycles. The third-order valence-corrected chi connectivity index (χ3v) is 3.40. The van der Waals surface area contributed by atoms with Crippen LogP contribution in [0.25, 0.3) is 0 Å². The number of aromatic nitrogens is 2. The van der Waals surface area contributed by atoms with Crippen LogP contribution in [0.4, 0.5) is 13.2 Å². The number of hydrogen-bond acceptors (Lipinski definition) is 1. The minimum absolute atomic E-state index is 0.0132. The number of nitrogens with zero attached hydrogens (tertiary/aromatic N) is 2. The van der Waals surface area contributed by atoms with E-state index in [1.165, 1.54) is 29.2 Å². The van der Waals surface area contributed by atoms with Gasteiger partial charge in [-0.3, -0.25) is 4.68 Å². The van der Waals surface area contributed by atoms with E-state index in [1.807, 2.05) is 13.8 Å². The van der Waals surface area contributed by atoms with Gasteiger partial charge in [0.25, 0.3) is 0 Å². The smallest absolute Gasteiger partial charge is 0.270 e. The molecule has 113 valence electrons. The zero-order valence-corrected chi connectivity index (χ0v) is 12.1. The fraction of sp³-hybridized carbons (Fsp3) is 0.357. The van der Waals surface area contributed by atoms with Gasteiger partial charge in [0.1, 0.15) is 6.10 Å². The third kappa shape index (κ3) is 3.22. The lowest BCUT2D eigenvalue weighted by atomic mass is 9.98. The van der Waals surface area contributed by atoms with Crippen LogP contribution in [-0.4, -0.2) is 9.78 Å². The van der Waals surface area contributed by atoms with Crippen LogP contribution in [0.2, 0.25) is 5.02 Å². The van der Waals surface area contributed by atoms with E-state index < -0.39 is 23.4 Å². The molecule has 0 N–H and O–H groups in total. The van der Waals surface area contributed by atoms with Crippen LogP contribution in [0.5, 0.6) is 0 Å². The van der Waals surface area contributed by atoms with E-state index in [2.05, 4.69) is 5.10 Å². The highest BCUT2D eigenvalue weighted by Gasteiger charge is 2.37. The molecule has 0 saturated carbocycles. The van der Waals surface area contributed by atoms with Crippen LogP contribution in [0.3, 0.4) is 0 Å². The molecule has 1 radical (unpaired) electrons. The van der Waals surface area contributed by atoms with Crippen LogP contribution in [0, 0.1) is 0 Å². The van der Waals surface area contributed by atoms with Crippen molar-refractivity contribution in [2.75, 3.05) is 0 Å². The van der Waals surface area contributed by atoms with Gasteiger partial charge in [-0.25, -0.2) is 5.11 Å². The Morgan fingerprint density at radius 3 is 2.48 bits per heavy atom. The minimum Gasteiger partial charge on any atom is -0.270 e. The predicted octanol–water partition coefficient (Wildman–Crippen LogP) is 4.66. The molecular weight excluding hydrogens is 305 g/mol. The summed E-state index contributed by atoms with van der Waals surface area (Å²) in [5.41, 5.74) is -1.32. The molecule has 3 nitrogen and oxygen atoms in total. The molecule has 1 heterocycles. The Hall–Kier alpha value is -1.53. The topological polar surface area (TPSA) is 37.7 Å². The summed E-state index contributed by atoms with van der Waals surface area (Å²) >= 11 is 5.82. The lowest BCUT2D eigenvalue weighted by Gasteiger charge is -2.16. The molecule has 0 bridgehead atoms. The molecule has 1 atom stereocenters. The molecule has 1 unspecified atom stereocenters. The zero-order chi connectivity index (χ0) is 15.8. The molecule has 0 saturated heterocycles. The first-order valence-corrected chi connectivity index (χ1v) is 6.65. The maximum absolute atomic E-state index is 13.0. The van der Waals surface area contributed by atoms with Crippen LogP contribution < -0.4 is 0 Å². The number of hydrogen-bond donors (Lipinski definition) is 0. The summed E-state index contributed by atoms with van der Waals surface area (Å²) in [5.74, 6) is 0. The zero-order valence-electron chi connectivity index (χ0n) is 11.4. The highest BCUT2D eigenvalue weighted by atomic mass is 35.5. The number of halogens is 4. The molecule has 0 aliphatic rings. The van der Waals surface area contributed by atoms with Crippen LogP contribution in [0.1, 0.15) is 42.7 Å². The maximum atomic E-state index is 13.0. The Kier molecular flexibility index (Phi) is 4.30. The van der Waals surface area contributed by atoms with Crippen LogP contribution in [-0.2, 0) is 11.3 Å². The Morgan fingerprint density at radius 2 is 1.95 bits per heavy atom. The van der Waals surface area contributed by atoms with Gasteiger partial charge in [-0.05, 0) is 26.0 Å². The number of benzene rings is 1. The summed E-state index contributed by atoms with van der Waals surface area (Å²) in [4.78, 5) is 0. The standard InChI is InChI=1S/C14H13ClF3N2O/c1-8(2)20-7-9(6-19-20)13(21)12-10(14(16,17)18)4-3-5-11(12)15/h3-8,13H,1-2H3. The Bertz CT molecular complexity index is 637. The van der Waals surface area contributed by atoms with Crippen molar-refractivity contribution in [3.05, 3.63) is 52.3 Å². The summed E-state index contributed by atoms with van der Waals surface area (Å²) in [6, 6.07) is 3.33. The molecule has 7 heteroatoms. The second-order valence-electron chi connectivity index (χ2n) is 4.93. The molecule has 2 aromatic rings. The van der Waals surface area contributed by atoms with Crippen LogP contribution >= 0.6 is 11.6 Å². The molecule has 21 heavy (non-hydrogen) atoms. The summed E-state index contributed by atoms with van der Waals surface area (Å²) < 4.78 is 40.6. The van der Waals surface area contributed by atoms with E-state index in [1.54, 1.807) is 0 Å². The third-order valence-electron chi connectivity index (χ3n) is 3.07. The highest BCUT2D eigenvalue weighted by molar-refractivity contribution is 6.31. The second-order valence-corrected chi connectivity index (χ2v) is 5.33. The van der Waals surface area contributed by atoms with Gasteiger partial charge in [-0.15, -0.1) is 0 Å². The van der Waals surface area contributed by atoms with E-state index in [0.29, 0.717) is 0 Å². The fourth-order valence-corrected chi connectivity index (χ4v) is 2.26. The predicted molar refractivity (Wildman–Crippen MR) is 71.6 cm³/mol. The minimum atomic E-state index is -4.63. The van der Waals surface area contributed by atoms with Crippen molar-refractivity contribution in [3.63, 3.8) is 0 Å². The van der Waals surface area contributed by atoms with Gasteiger partial charge in [0, 0.05) is 28.4 Å². The summed E-state index contributed by atoms with van der Waals surface area (Å²) in [6.07, 6.45) is -3.63. The normalized spacial score (nSPS) is 13.7. The molecule has 0 fully saturated rings. The maximum Gasteiger partial charge on any atom is 0.416 e. The molecular formula is C14H13ClF3N2O. The van der Waals surface area contributed by atoms with Crippen molar-refractivity contribution in [2.45, 2.75) is 32.2 Å². The average Bonchev–Trinajstić information content (AvgIpc) is 2.86. The van der Waals surface area contributed by atoms with Gasteiger partial charge >= 0.3 is 6.18 Å². The molecule has 0 amide bonds. The van der Waals surface area contributed by atoms with E-state index in [4.69, 9.17) is 11.6 Å². The van der Waals surface area contributed by atoms with Crippen molar-refractivity contribution < 1.29 is 18.3 Å². The quantitative estimate of drug-likeness (QED) is 0.811. The van der Waals surface area contributed by atoms with E-state index in [9.17, 15) is 18.3 Å². The van der Waals surface area contributed by atoms with Gasteiger partial charge in [0.15, 0.2) is 0 Å². The van der Waals surface area contributed by atoms with Gasteiger partial charge < -0.3 is 0 Å². The first-order chi connectivity index (χ1) is 9.71. The van der Waals surface area contributed by atoms with Gasteiger partial charge in [-0.1, -0.05) is 17.7 Å². The molecule has 0 aliphatic carbocycles. The number of rotatable bonds is 3. The SMILES string of the molecule is CC(C)n1cc(C([O])c2c(Cl)cccc2C(F)(F)F)cn1. The lowest BCUT2D eigenvalue weighted by molar-refractivity contribution is -0.139. The van der Waals surface area contributed by atoms with E-state index >= 15 is 0 Å². The van der Waals surface area contributed by atoms with Crippen LogP contribution in [0.15, 0.2) is 30.6 Å². The van der Waals surface area contributed by atoms with Crippen molar-refractivity contribution in [1.82, 2.24) is 9.78 Å². The summed E-state index contributed by atoms with van der Waals surface area (Å²) in [7, 11) is 0. The Morgan fingerprint density at radius 1 is 1.29 bits per heavy atom. The Labute approximate surface area is 125 Å². The molecule has 1 aromatic carbocycles. The monoisotopic (exact) mass is 317 g/mol. The first-order valence-electron chi connectivity index (χ1n) is 6.27. The summed E-state index contributed by atoms with van der Waals surface area (Å²) in [6.45, 7) is 3.71. The molecule has 2 rings (SSSR count). The number of alkyl halides is 3. The summed E-state index contributed by atoms with van der Waals surface area (Å²) in [5, 5.41) is 16.2. The highest BCUT2D eigenvalue weighted by Crippen LogP contribution is 2.40. The van der Waals surface area contributed by atoms with Gasteiger partial charge in [-0.2, -0.15) is 18.3 Å².